The number of phenolic OH excluding ortho intramolecular Hbond substituents is 2. The number of rotatable bonds is 7. The van der Waals surface area contributed by atoms with Crippen LogP contribution in [0, 0.1) is 0 Å². The average molecular weight is 342 g/mol. The van der Waals surface area contributed by atoms with Crippen LogP contribution < -0.4 is 9.47 Å². The Morgan fingerprint density at radius 3 is 2.52 bits per heavy atom. The summed E-state index contributed by atoms with van der Waals surface area (Å²) in [7, 11) is 3.10. The highest BCUT2D eigenvalue weighted by Crippen LogP contribution is 2.32. The molecule has 2 rings (SSSR count). The summed E-state index contributed by atoms with van der Waals surface area (Å²) in [6.45, 7) is 1.93. The van der Waals surface area contributed by atoms with E-state index >= 15 is 0 Å². The summed E-state index contributed by atoms with van der Waals surface area (Å²) < 4.78 is 10.4. The Bertz CT molecular complexity index is 793. The van der Waals surface area contributed by atoms with Gasteiger partial charge in [-0.25, -0.2) is 0 Å². The first kappa shape index (κ1) is 18.4. The van der Waals surface area contributed by atoms with Crippen LogP contribution in [-0.2, 0) is 6.42 Å². The number of phenols is 2. The maximum Gasteiger partial charge on any atom is 0.189 e. The lowest BCUT2D eigenvalue weighted by atomic mass is 10.0. The number of methoxy groups -OCH3 is 2. The lowest BCUT2D eigenvalue weighted by Crippen LogP contribution is -1.98. The topological polar surface area (TPSA) is 76.0 Å². The van der Waals surface area contributed by atoms with Gasteiger partial charge in [0.1, 0.15) is 23.0 Å². The fourth-order valence-corrected chi connectivity index (χ4v) is 2.53. The summed E-state index contributed by atoms with van der Waals surface area (Å²) in [5.41, 5.74) is 1.26. The van der Waals surface area contributed by atoms with Gasteiger partial charge in [-0.15, -0.1) is 0 Å². The van der Waals surface area contributed by atoms with Crippen LogP contribution in [0.5, 0.6) is 23.0 Å². The van der Waals surface area contributed by atoms with E-state index in [-0.39, 0.29) is 22.8 Å². The van der Waals surface area contributed by atoms with Crippen molar-refractivity contribution in [3.63, 3.8) is 0 Å². The van der Waals surface area contributed by atoms with Crippen molar-refractivity contribution < 1.29 is 24.5 Å². The quantitative estimate of drug-likeness (QED) is 0.588. The van der Waals surface area contributed by atoms with Crippen LogP contribution in [0.4, 0.5) is 0 Å². The minimum Gasteiger partial charge on any atom is -0.508 e. The van der Waals surface area contributed by atoms with Gasteiger partial charge >= 0.3 is 0 Å². The van der Waals surface area contributed by atoms with Gasteiger partial charge in [-0.2, -0.15) is 0 Å². The molecule has 2 aromatic carbocycles. The molecule has 0 saturated heterocycles. The smallest absolute Gasteiger partial charge is 0.189 e. The second kappa shape index (κ2) is 8.24. The van der Waals surface area contributed by atoms with Crippen LogP contribution in [0.3, 0.4) is 0 Å². The summed E-state index contributed by atoms with van der Waals surface area (Å²) >= 11 is 0. The van der Waals surface area contributed by atoms with Gasteiger partial charge in [0.2, 0.25) is 0 Å². The number of allylic oxidation sites excluding steroid dienone is 1. The van der Waals surface area contributed by atoms with Crippen LogP contribution in [0.2, 0.25) is 0 Å². The first-order chi connectivity index (χ1) is 12.0. The fourth-order valence-electron chi connectivity index (χ4n) is 2.53. The number of hydrogen-bond acceptors (Lipinski definition) is 5. The first-order valence-corrected chi connectivity index (χ1v) is 8.00. The monoisotopic (exact) mass is 342 g/mol. The Balaban J connectivity index is 2.31. The molecule has 2 N–H and O–H groups in total. The maximum absolute atomic E-state index is 12.4. The third kappa shape index (κ3) is 4.12. The number of carbonyl (C=O) groups excluding carboxylic acids is 1. The summed E-state index contributed by atoms with van der Waals surface area (Å²) in [6.07, 6.45) is 4.23. The van der Waals surface area contributed by atoms with Crippen molar-refractivity contribution in [1.29, 1.82) is 0 Å². The summed E-state index contributed by atoms with van der Waals surface area (Å²) in [4.78, 5) is 12.4. The number of ether oxygens (including phenoxy) is 2. The van der Waals surface area contributed by atoms with E-state index in [9.17, 15) is 15.0 Å². The molecule has 0 aliphatic heterocycles. The van der Waals surface area contributed by atoms with E-state index in [1.165, 1.54) is 25.3 Å². The van der Waals surface area contributed by atoms with Crippen LogP contribution in [-0.4, -0.2) is 30.2 Å². The molecule has 0 atom stereocenters. The lowest BCUT2D eigenvalue weighted by molar-refractivity contribution is 0.104. The van der Waals surface area contributed by atoms with E-state index < -0.39 is 0 Å². The molecule has 0 fully saturated rings. The predicted molar refractivity (Wildman–Crippen MR) is 96.7 cm³/mol. The molecule has 0 saturated carbocycles. The molecular formula is C20H22O5. The van der Waals surface area contributed by atoms with E-state index in [2.05, 4.69) is 0 Å². The van der Waals surface area contributed by atoms with Crippen molar-refractivity contribution >= 4 is 11.9 Å². The predicted octanol–water partition coefficient (Wildman–Crippen LogP) is 3.96. The molecule has 0 heterocycles. The van der Waals surface area contributed by atoms with Gasteiger partial charge in [0.05, 0.1) is 19.8 Å². The standard InChI is InChI=1S/C20H22O5/c1-4-5-15-18(22)11-9-16(20(15)23)17(21)10-7-13-6-8-14(24-2)12-19(13)25-3/h6-12,22-23H,4-5H2,1-3H3/b10-7+. The van der Waals surface area contributed by atoms with Gasteiger partial charge in [0, 0.05) is 17.2 Å². The maximum atomic E-state index is 12.4. The number of aromatic hydroxyl groups is 2. The highest BCUT2D eigenvalue weighted by atomic mass is 16.5. The SMILES string of the molecule is CCCc1c(O)ccc(C(=O)/C=C/c2ccc(OC)cc2OC)c1O. The average Bonchev–Trinajstić information content (AvgIpc) is 2.63. The molecule has 0 unspecified atom stereocenters. The number of benzene rings is 2. The van der Waals surface area contributed by atoms with Gasteiger partial charge in [-0.1, -0.05) is 13.3 Å². The third-order valence-electron chi connectivity index (χ3n) is 3.88. The molecule has 0 aliphatic rings. The van der Waals surface area contributed by atoms with Crippen LogP contribution in [0.25, 0.3) is 6.08 Å². The van der Waals surface area contributed by atoms with Crippen LogP contribution >= 0.6 is 0 Å². The normalized spacial score (nSPS) is 10.8. The molecule has 132 valence electrons. The van der Waals surface area contributed by atoms with E-state index in [1.54, 1.807) is 31.4 Å². The molecule has 0 radical (unpaired) electrons. The molecule has 0 spiro atoms. The molecule has 0 amide bonds. The van der Waals surface area contributed by atoms with E-state index in [0.717, 1.165) is 6.42 Å². The summed E-state index contributed by atoms with van der Waals surface area (Å²) in [6, 6.07) is 8.12. The molecule has 2 aromatic rings. The van der Waals surface area contributed by atoms with Crippen molar-refractivity contribution in [2.24, 2.45) is 0 Å². The van der Waals surface area contributed by atoms with Crippen molar-refractivity contribution in [2.75, 3.05) is 14.2 Å². The molecule has 5 heteroatoms. The van der Waals surface area contributed by atoms with Crippen LogP contribution in [0.15, 0.2) is 36.4 Å². The summed E-state index contributed by atoms with van der Waals surface area (Å²) in [5, 5.41) is 20.1. The van der Waals surface area contributed by atoms with E-state index in [4.69, 9.17) is 9.47 Å². The van der Waals surface area contributed by atoms with Crippen molar-refractivity contribution in [3.8, 4) is 23.0 Å². The minimum absolute atomic E-state index is 0.00305. The van der Waals surface area contributed by atoms with Crippen LogP contribution in [0.1, 0.15) is 34.8 Å². The van der Waals surface area contributed by atoms with Gasteiger partial charge in [0.25, 0.3) is 0 Å². The lowest BCUT2D eigenvalue weighted by Gasteiger charge is -2.09. The number of ketones is 1. The Morgan fingerprint density at radius 1 is 1.12 bits per heavy atom. The van der Waals surface area contributed by atoms with E-state index in [1.807, 2.05) is 6.92 Å². The van der Waals surface area contributed by atoms with E-state index in [0.29, 0.717) is 29.0 Å². The fraction of sp³-hybridized carbons (Fsp3) is 0.250. The van der Waals surface area contributed by atoms with Crippen molar-refractivity contribution in [1.82, 2.24) is 0 Å². The van der Waals surface area contributed by atoms with Crippen molar-refractivity contribution in [2.45, 2.75) is 19.8 Å². The Hall–Kier alpha value is -2.95. The highest BCUT2D eigenvalue weighted by molar-refractivity contribution is 6.09. The molecule has 0 bridgehead atoms. The number of carbonyl (C=O) groups is 1. The third-order valence-corrected chi connectivity index (χ3v) is 3.88. The van der Waals surface area contributed by atoms with Gasteiger partial charge in [-0.05, 0) is 42.8 Å². The highest BCUT2D eigenvalue weighted by Gasteiger charge is 2.15. The zero-order chi connectivity index (χ0) is 18.4. The number of hydrogen-bond donors (Lipinski definition) is 2. The van der Waals surface area contributed by atoms with Gasteiger partial charge in [0.15, 0.2) is 5.78 Å². The van der Waals surface area contributed by atoms with Gasteiger partial charge in [-0.3, -0.25) is 4.79 Å². The molecule has 0 aromatic heterocycles. The minimum atomic E-state index is -0.354. The molecule has 0 aliphatic carbocycles. The molecule has 5 nitrogen and oxygen atoms in total. The second-order valence-corrected chi connectivity index (χ2v) is 5.51. The van der Waals surface area contributed by atoms with Gasteiger partial charge < -0.3 is 19.7 Å². The summed E-state index contributed by atoms with van der Waals surface area (Å²) in [5.74, 6) is 0.702. The molecule has 25 heavy (non-hydrogen) atoms. The Morgan fingerprint density at radius 2 is 1.88 bits per heavy atom. The Labute approximate surface area is 147 Å². The first-order valence-electron chi connectivity index (χ1n) is 8.00. The molecular weight excluding hydrogens is 320 g/mol. The zero-order valence-corrected chi connectivity index (χ0v) is 14.6. The van der Waals surface area contributed by atoms with Crippen molar-refractivity contribution in [3.05, 3.63) is 53.1 Å². The largest absolute Gasteiger partial charge is 0.508 e. The Kier molecular flexibility index (Phi) is 6.06. The second-order valence-electron chi connectivity index (χ2n) is 5.51. The zero-order valence-electron chi connectivity index (χ0n) is 14.6.